The number of hydrogen-bond donors (Lipinski definition) is 3. The zero-order valence-corrected chi connectivity index (χ0v) is 9.32. The fraction of sp³-hybridized carbons (Fsp3) is 0.700. The third kappa shape index (κ3) is 2.95. The second-order valence-electron chi connectivity index (χ2n) is 4.21. The van der Waals surface area contributed by atoms with Crippen LogP contribution in [0.15, 0.2) is 0 Å². The van der Waals surface area contributed by atoms with Crippen molar-refractivity contribution in [2.45, 2.75) is 44.6 Å². The summed E-state index contributed by atoms with van der Waals surface area (Å²) >= 11 is 0. The molecule has 0 aromatic carbocycles. The zero-order chi connectivity index (χ0) is 11.4. The monoisotopic (exact) mass is 222 g/mol. The fourth-order valence-corrected chi connectivity index (χ4v) is 2.08. The standard InChI is InChI=1S/C10H18N6/c11-8-14-9(12)16-10(15-8)13-7-5-3-1-2-4-6-7/h7H,1-6H2,(H5,11,12,13,14,15,16). The number of hydrogen-bond acceptors (Lipinski definition) is 6. The Morgan fingerprint density at radius 2 is 1.44 bits per heavy atom. The normalized spacial score (nSPS) is 18.0. The molecule has 1 aromatic rings. The molecule has 6 heteroatoms. The lowest BCUT2D eigenvalue weighted by Crippen LogP contribution is -2.21. The van der Waals surface area contributed by atoms with E-state index in [4.69, 9.17) is 11.5 Å². The van der Waals surface area contributed by atoms with E-state index in [-0.39, 0.29) is 11.9 Å². The summed E-state index contributed by atoms with van der Waals surface area (Å²) in [5, 5.41) is 3.28. The quantitative estimate of drug-likeness (QED) is 0.649. The van der Waals surface area contributed by atoms with Crippen molar-refractivity contribution < 1.29 is 0 Å². The number of nitrogen functional groups attached to an aromatic ring is 2. The summed E-state index contributed by atoms with van der Waals surface area (Å²) in [5.74, 6) is 0.837. The van der Waals surface area contributed by atoms with E-state index in [0.717, 1.165) is 12.8 Å². The first-order valence-electron chi connectivity index (χ1n) is 5.77. The van der Waals surface area contributed by atoms with Crippen LogP contribution in [-0.2, 0) is 0 Å². The number of aromatic nitrogens is 3. The van der Waals surface area contributed by atoms with E-state index in [0.29, 0.717) is 12.0 Å². The van der Waals surface area contributed by atoms with E-state index in [2.05, 4.69) is 20.3 Å². The Balaban J connectivity index is 2.01. The molecule has 16 heavy (non-hydrogen) atoms. The summed E-state index contributed by atoms with van der Waals surface area (Å²) in [6, 6.07) is 0.434. The van der Waals surface area contributed by atoms with Gasteiger partial charge in [0.05, 0.1) is 0 Å². The molecule has 88 valence electrons. The molecule has 5 N–H and O–H groups in total. The lowest BCUT2D eigenvalue weighted by Gasteiger charge is -2.15. The van der Waals surface area contributed by atoms with E-state index in [1.807, 2.05) is 0 Å². The maximum atomic E-state index is 5.51. The molecular weight excluding hydrogens is 204 g/mol. The minimum Gasteiger partial charge on any atom is -0.368 e. The van der Waals surface area contributed by atoms with Crippen LogP contribution < -0.4 is 16.8 Å². The van der Waals surface area contributed by atoms with E-state index >= 15 is 0 Å². The van der Waals surface area contributed by atoms with E-state index < -0.39 is 0 Å². The van der Waals surface area contributed by atoms with Crippen molar-refractivity contribution in [3.05, 3.63) is 0 Å². The number of anilines is 3. The lowest BCUT2D eigenvalue weighted by atomic mass is 10.1. The Bertz CT molecular complexity index is 325. The van der Waals surface area contributed by atoms with Gasteiger partial charge in [-0.25, -0.2) is 0 Å². The molecule has 1 heterocycles. The van der Waals surface area contributed by atoms with Gasteiger partial charge in [0.15, 0.2) is 0 Å². The van der Waals surface area contributed by atoms with Crippen molar-refractivity contribution >= 4 is 17.8 Å². The topological polar surface area (TPSA) is 103 Å². The van der Waals surface area contributed by atoms with E-state index in [9.17, 15) is 0 Å². The third-order valence-electron chi connectivity index (χ3n) is 2.86. The maximum absolute atomic E-state index is 5.51. The van der Waals surface area contributed by atoms with Crippen LogP contribution in [0.2, 0.25) is 0 Å². The van der Waals surface area contributed by atoms with Crippen molar-refractivity contribution in [2.24, 2.45) is 0 Å². The molecule has 0 unspecified atom stereocenters. The van der Waals surface area contributed by atoms with Crippen LogP contribution in [0.3, 0.4) is 0 Å². The van der Waals surface area contributed by atoms with Crippen molar-refractivity contribution in [3.8, 4) is 0 Å². The van der Waals surface area contributed by atoms with Crippen LogP contribution in [0.25, 0.3) is 0 Å². The summed E-state index contributed by atoms with van der Waals surface area (Å²) in [6.45, 7) is 0. The molecule has 2 rings (SSSR count). The van der Waals surface area contributed by atoms with Crippen molar-refractivity contribution in [1.82, 2.24) is 15.0 Å². The predicted octanol–water partition coefficient (Wildman–Crippen LogP) is 1.17. The van der Waals surface area contributed by atoms with Crippen LogP contribution in [0, 0.1) is 0 Å². The van der Waals surface area contributed by atoms with Gasteiger partial charge in [0.25, 0.3) is 0 Å². The Morgan fingerprint density at radius 3 is 2.00 bits per heavy atom. The van der Waals surface area contributed by atoms with Crippen LogP contribution in [0.4, 0.5) is 17.8 Å². The molecule has 0 aliphatic heterocycles. The molecule has 0 radical (unpaired) electrons. The molecule has 0 spiro atoms. The zero-order valence-electron chi connectivity index (χ0n) is 9.32. The first-order chi connectivity index (χ1) is 7.74. The Hall–Kier alpha value is -1.59. The highest BCUT2D eigenvalue weighted by Gasteiger charge is 2.13. The lowest BCUT2D eigenvalue weighted by molar-refractivity contribution is 0.614. The highest BCUT2D eigenvalue weighted by atomic mass is 15.2. The molecule has 1 fully saturated rings. The van der Waals surface area contributed by atoms with Gasteiger partial charge in [-0.3, -0.25) is 0 Å². The second kappa shape index (κ2) is 4.96. The van der Waals surface area contributed by atoms with Crippen molar-refractivity contribution in [1.29, 1.82) is 0 Å². The number of rotatable bonds is 2. The van der Waals surface area contributed by atoms with Crippen LogP contribution in [0.5, 0.6) is 0 Å². The Morgan fingerprint density at radius 1 is 0.875 bits per heavy atom. The van der Waals surface area contributed by atoms with Gasteiger partial charge < -0.3 is 16.8 Å². The Kier molecular flexibility index (Phi) is 3.38. The van der Waals surface area contributed by atoms with Crippen LogP contribution >= 0.6 is 0 Å². The summed E-state index contributed by atoms with van der Waals surface area (Å²) in [7, 11) is 0. The third-order valence-corrected chi connectivity index (χ3v) is 2.86. The SMILES string of the molecule is Nc1nc(N)nc(NC2CCCCCC2)n1. The van der Waals surface area contributed by atoms with Gasteiger partial charge in [-0.15, -0.1) is 0 Å². The van der Waals surface area contributed by atoms with Crippen LogP contribution in [0.1, 0.15) is 38.5 Å². The number of nitrogens with one attached hydrogen (secondary N) is 1. The van der Waals surface area contributed by atoms with E-state index in [1.165, 1.54) is 25.7 Å². The van der Waals surface area contributed by atoms with Gasteiger partial charge >= 0.3 is 0 Å². The number of nitrogens with two attached hydrogens (primary N) is 2. The molecule has 1 aliphatic rings. The van der Waals surface area contributed by atoms with Crippen molar-refractivity contribution in [3.63, 3.8) is 0 Å². The van der Waals surface area contributed by atoms with Gasteiger partial charge in [-0.2, -0.15) is 15.0 Å². The highest BCUT2D eigenvalue weighted by molar-refractivity contribution is 5.37. The molecule has 0 amide bonds. The molecule has 1 aliphatic carbocycles. The molecule has 1 aromatic heterocycles. The summed E-state index contributed by atoms with van der Waals surface area (Å²) in [6.07, 6.45) is 7.47. The van der Waals surface area contributed by atoms with Gasteiger partial charge in [-0.05, 0) is 12.8 Å². The largest absolute Gasteiger partial charge is 0.368 e. The molecular formula is C10H18N6. The summed E-state index contributed by atoms with van der Waals surface area (Å²) in [4.78, 5) is 11.8. The highest BCUT2D eigenvalue weighted by Crippen LogP contribution is 2.19. The fourth-order valence-electron chi connectivity index (χ4n) is 2.08. The number of nitrogens with zero attached hydrogens (tertiary/aromatic N) is 3. The molecule has 0 saturated heterocycles. The average molecular weight is 222 g/mol. The molecule has 1 saturated carbocycles. The first kappa shape index (κ1) is 10.9. The summed E-state index contributed by atoms with van der Waals surface area (Å²) < 4.78 is 0. The minimum absolute atomic E-state index is 0.170. The minimum atomic E-state index is 0.170. The average Bonchev–Trinajstić information content (AvgIpc) is 2.44. The maximum Gasteiger partial charge on any atom is 0.229 e. The van der Waals surface area contributed by atoms with Gasteiger partial charge in [-0.1, -0.05) is 25.7 Å². The van der Waals surface area contributed by atoms with Gasteiger partial charge in [0, 0.05) is 6.04 Å². The molecule has 6 nitrogen and oxygen atoms in total. The van der Waals surface area contributed by atoms with Gasteiger partial charge in [0.1, 0.15) is 0 Å². The van der Waals surface area contributed by atoms with E-state index in [1.54, 1.807) is 0 Å². The van der Waals surface area contributed by atoms with Gasteiger partial charge in [0.2, 0.25) is 17.8 Å². The summed E-state index contributed by atoms with van der Waals surface area (Å²) in [5.41, 5.74) is 11.0. The second-order valence-corrected chi connectivity index (χ2v) is 4.21. The molecule has 0 bridgehead atoms. The smallest absolute Gasteiger partial charge is 0.229 e. The van der Waals surface area contributed by atoms with Crippen molar-refractivity contribution in [2.75, 3.05) is 16.8 Å². The predicted molar refractivity (Wildman–Crippen MR) is 63.8 cm³/mol. The van der Waals surface area contributed by atoms with Crippen LogP contribution in [-0.4, -0.2) is 21.0 Å². The molecule has 0 atom stereocenters. The first-order valence-corrected chi connectivity index (χ1v) is 5.77. The Labute approximate surface area is 94.9 Å².